The molecule has 0 spiro atoms. The van der Waals surface area contributed by atoms with Crippen LogP contribution in [-0.4, -0.2) is 19.0 Å². The van der Waals surface area contributed by atoms with Gasteiger partial charge in [-0.2, -0.15) is 0 Å². The number of hydrogen-bond donors (Lipinski definition) is 1. The van der Waals surface area contributed by atoms with E-state index in [4.69, 9.17) is 11.6 Å². The summed E-state index contributed by atoms with van der Waals surface area (Å²) in [6.07, 6.45) is 0. The zero-order valence-electron chi connectivity index (χ0n) is 11.0. The lowest BCUT2D eigenvalue weighted by molar-refractivity contribution is 0.0600. The Labute approximate surface area is 135 Å². The van der Waals surface area contributed by atoms with Gasteiger partial charge in [0.05, 0.1) is 23.3 Å². The molecule has 1 N–H and O–H groups in total. The highest BCUT2D eigenvalue weighted by Gasteiger charge is 2.13. The summed E-state index contributed by atoms with van der Waals surface area (Å²) in [4.78, 5) is 23.7. The Morgan fingerprint density at radius 1 is 1.19 bits per heavy atom. The molecule has 0 saturated carbocycles. The molecule has 0 radical (unpaired) electrons. The molecule has 4 nitrogen and oxygen atoms in total. The molecule has 108 valence electrons. The lowest BCUT2D eigenvalue weighted by Crippen LogP contribution is -2.13. The molecule has 0 fully saturated rings. The van der Waals surface area contributed by atoms with Crippen LogP contribution in [0.5, 0.6) is 0 Å². The van der Waals surface area contributed by atoms with Crippen LogP contribution in [0.3, 0.4) is 0 Å². The van der Waals surface area contributed by atoms with Crippen LogP contribution in [0.15, 0.2) is 46.9 Å². The first-order chi connectivity index (χ1) is 10.0. The molecule has 0 saturated heterocycles. The minimum absolute atomic E-state index is 0.333. The maximum atomic E-state index is 12.2. The van der Waals surface area contributed by atoms with Crippen molar-refractivity contribution in [2.45, 2.75) is 0 Å². The first kappa shape index (κ1) is 15.5. The quantitative estimate of drug-likeness (QED) is 0.828. The number of carbonyl (C=O) groups excluding carboxylic acids is 2. The van der Waals surface area contributed by atoms with E-state index < -0.39 is 5.97 Å². The molecule has 0 aliphatic carbocycles. The van der Waals surface area contributed by atoms with Crippen LogP contribution in [0.1, 0.15) is 20.7 Å². The van der Waals surface area contributed by atoms with E-state index in [0.717, 1.165) is 0 Å². The van der Waals surface area contributed by atoms with Crippen molar-refractivity contribution in [1.82, 2.24) is 0 Å². The molecule has 21 heavy (non-hydrogen) atoms. The second kappa shape index (κ2) is 6.74. The van der Waals surface area contributed by atoms with Crippen molar-refractivity contribution in [2.24, 2.45) is 0 Å². The van der Waals surface area contributed by atoms with Crippen LogP contribution in [0.4, 0.5) is 5.69 Å². The number of rotatable bonds is 3. The van der Waals surface area contributed by atoms with E-state index in [9.17, 15) is 9.59 Å². The van der Waals surface area contributed by atoms with Gasteiger partial charge in [0.15, 0.2) is 0 Å². The van der Waals surface area contributed by atoms with Crippen LogP contribution in [0.2, 0.25) is 5.02 Å². The average molecular weight is 369 g/mol. The van der Waals surface area contributed by atoms with Crippen molar-refractivity contribution < 1.29 is 14.3 Å². The standard InChI is InChI=1S/C15H11BrClNO3/c1-21-15(20)9-4-2-5-10(8-9)18-14(19)11-6-3-7-12(16)13(11)17/h2-8H,1H3,(H,18,19). The highest BCUT2D eigenvalue weighted by molar-refractivity contribution is 9.10. The summed E-state index contributed by atoms with van der Waals surface area (Å²) in [6.45, 7) is 0. The molecule has 0 aliphatic heterocycles. The number of methoxy groups -OCH3 is 1. The summed E-state index contributed by atoms with van der Waals surface area (Å²) >= 11 is 9.34. The number of esters is 1. The summed E-state index contributed by atoms with van der Waals surface area (Å²) in [7, 11) is 1.30. The van der Waals surface area contributed by atoms with E-state index in [1.54, 1.807) is 36.4 Å². The normalized spacial score (nSPS) is 10.0. The summed E-state index contributed by atoms with van der Waals surface area (Å²) in [5.74, 6) is -0.824. The summed E-state index contributed by atoms with van der Waals surface area (Å²) in [5.41, 5.74) is 1.18. The van der Waals surface area contributed by atoms with E-state index >= 15 is 0 Å². The first-order valence-corrected chi connectivity index (χ1v) is 7.13. The SMILES string of the molecule is COC(=O)c1cccc(NC(=O)c2cccc(Br)c2Cl)c1. The molecule has 0 unspecified atom stereocenters. The Morgan fingerprint density at radius 3 is 2.62 bits per heavy atom. The lowest BCUT2D eigenvalue weighted by Gasteiger charge is -2.08. The van der Waals surface area contributed by atoms with E-state index in [0.29, 0.717) is 26.3 Å². The molecule has 0 heterocycles. The van der Waals surface area contributed by atoms with Gasteiger partial charge in [0, 0.05) is 10.2 Å². The molecule has 0 bridgehead atoms. The molecular formula is C15H11BrClNO3. The van der Waals surface area contributed by atoms with Gasteiger partial charge < -0.3 is 10.1 Å². The predicted molar refractivity (Wildman–Crippen MR) is 84.9 cm³/mol. The molecule has 2 rings (SSSR count). The number of amides is 1. The van der Waals surface area contributed by atoms with Crippen molar-refractivity contribution in [3.63, 3.8) is 0 Å². The van der Waals surface area contributed by atoms with Crippen molar-refractivity contribution in [3.8, 4) is 0 Å². The van der Waals surface area contributed by atoms with Crippen molar-refractivity contribution in [1.29, 1.82) is 0 Å². The maximum Gasteiger partial charge on any atom is 0.337 e. The molecule has 0 aromatic heterocycles. The summed E-state index contributed by atoms with van der Waals surface area (Å²) in [5, 5.41) is 3.03. The van der Waals surface area contributed by atoms with Gasteiger partial charge in [0.2, 0.25) is 0 Å². The largest absolute Gasteiger partial charge is 0.465 e. The van der Waals surface area contributed by atoms with E-state index in [1.165, 1.54) is 13.2 Å². The van der Waals surface area contributed by atoms with E-state index in [2.05, 4.69) is 26.0 Å². The number of ether oxygens (including phenoxy) is 1. The highest BCUT2D eigenvalue weighted by atomic mass is 79.9. The van der Waals surface area contributed by atoms with Crippen molar-refractivity contribution >= 4 is 45.1 Å². The van der Waals surface area contributed by atoms with Gasteiger partial charge in [0.1, 0.15) is 0 Å². The second-order valence-electron chi connectivity index (χ2n) is 4.13. The fraction of sp³-hybridized carbons (Fsp3) is 0.0667. The molecule has 1 amide bonds. The Hall–Kier alpha value is -1.85. The third-order valence-corrected chi connectivity index (χ3v) is 4.03. The van der Waals surface area contributed by atoms with Crippen LogP contribution in [0.25, 0.3) is 0 Å². The van der Waals surface area contributed by atoms with Gasteiger partial charge in [-0.1, -0.05) is 23.7 Å². The molecule has 0 aliphatic rings. The summed E-state index contributed by atoms with van der Waals surface area (Å²) in [6, 6.07) is 11.6. The first-order valence-electron chi connectivity index (χ1n) is 5.96. The fourth-order valence-corrected chi connectivity index (χ4v) is 2.30. The topological polar surface area (TPSA) is 55.4 Å². The van der Waals surface area contributed by atoms with Crippen molar-refractivity contribution in [2.75, 3.05) is 12.4 Å². The van der Waals surface area contributed by atoms with Gasteiger partial charge in [-0.15, -0.1) is 0 Å². The van der Waals surface area contributed by atoms with Gasteiger partial charge in [-0.05, 0) is 46.3 Å². The Bertz CT molecular complexity index is 703. The van der Waals surface area contributed by atoms with Gasteiger partial charge in [0.25, 0.3) is 5.91 Å². The molecule has 6 heteroatoms. The lowest BCUT2D eigenvalue weighted by atomic mass is 10.1. The maximum absolute atomic E-state index is 12.2. The third kappa shape index (κ3) is 3.62. The van der Waals surface area contributed by atoms with Crippen LogP contribution in [-0.2, 0) is 4.74 Å². The Kier molecular flexibility index (Phi) is 4.98. The van der Waals surface area contributed by atoms with Crippen molar-refractivity contribution in [3.05, 3.63) is 63.1 Å². The minimum atomic E-state index is -0.466. The molecule has 2 aromatic carbocycles. The molecule has 2 aromatic rings. The number of anilines is 1. The van der Waals surface area contributed by atoms with E-state index in [-0.39, 0.29) is 5.91 Å². The Morgan fingerprint density at radius 2 is 1.90 bits per heavy atom. The smallest absolute Gasteiger partial charge is 0.337 e. The molecular weight excluding hydrogens is 358 g/mol. The van der Waals surface area contributed by atoms with Gasteiger partial charge in [-0.25, -0.2) is 4.79 Å². The van der Waals surface area contributed by atoms with Crippen LogP contribution >= 0.6 is 27.5 Å². The number of nitrogens with one attached hydrogen (secondary N) is 1. The minimum Gasteiger partial charge on any atom is -0.465 e. The fourth-order valence-electron chi connectivity index (χ4n) is 1.72. The number of benzene rings is 2. The zero-order chi connectivity index (χ0) is 15.4. The number of halogens is 2. The molecule has 0 atom stereocenters. The number of hydrogen-bond acceptors (Lipinski definition) is 3. The average Bonchev–Trinajstić information content (AvgIpc) is 2.49. The van der Waals surface area contributed by atoms with E-state index in [1.807, 2.05) is 0 Å². The monoisotopic (exact) mass is 367 g/mol. The Balaban J connectivity index is 2.24. The van der Waals surface area contributed by atoms with Crippen LogP contribution in [0, 0.1) is 0 Å². The van der Waals surface area contributed by atoms with Crippen LogP contribution < -0.4 is 5.32 Å². The predicted octanol–water partition coefficient (Wildman–Crippen LogP) is 4.14. The highest BCUT2D eigenvalue weighted by Crippen LogP contribution is 2.26. The third-order valence-electron chi connectivity index (χ3n) is 2.74. The van der Waals surface area contributed by atoms with Gasteiger partial charge >= 0.3 is 5.97 Å². The summed E-state index contributed by atoms with van der Waals surface area (Å²) < 4.78 is 5.28. The van der Waals surface area contributed by atoms with Gasteiger partial charge in [-0.3, -0.25) is 4.79 Å². The zero-order valence-corrected chi connectivity index (χ0v) is 13.4. The second-order valence-corrected chi connectivity index (χ2v) is 5.36. The number of carbonyl (C=O) groups is 2.